The Hall–Kier alpha value is -0.900. The van der Waals surface area contributed by atoms with Crippen LogP contribution in [-0.4, -0.2) is 23.2 Å². The molecule has 4 nitrogen and oxygen atoms in total. The zero-order valence-corrected chi connectivity index (χ0v) is 11.6. The summed E-state index contributed by atoms with van der Waals surface area (Å²) < 4.78 is 5.49. The molecular weight excluding hydrogens is 238 g/mol. The summed E-state index contributed by atoms with van der Waals surface area (Å²) in [6.45, 7) is 0. The molecule has 4 atom stereocenters. The van der Waals surface area contributed by atoms with Gasteiger partial charge in [0.2, 0.25) is 5.89 Å². The predicted molar refractivity (Wildman–Crippen MR) is 71.8 cm³/mol. The molecule has 4 rings (SSSR count). The van der Waals surface area contributed by atoms with Gasteiger partial charge in [-0.3, -0.25) is 0 Å². The van der Waals surface area contributed by atoms with Crippen LogP contribution in [0.4, 0.5) is 0 Å². The first kappa shape index (κ1) is 11.9. The second-order valence-electron chi connectivity index (χ2n) is 6.76. The Morgan fingerprint density at radius 2 is 2.16 bits per heavy atom. The summed E-state index contributed by atoms with van der Waals surface area (Å²) in [5.41, 5.74) is 0. The molecule has 3 aliphatic rings. The fraction of sp³-hybridized carbons (Fsp3) is 0.867. The molecule has 0 aromatic carbocycles. The number of nitrogens with one attached hydrogen (secondary N) is 1. The highest BCUT2D eigenvalue weighted by Crippen LogP contribution is 2.52. The maximum Gasteiger partial charge on any atom is 0.228 e. The van der Waals surface area contributed by atoms with E-state index in [1.165, 1.54) is 38.5 Å². The topological polar surface area (TPSA) is 51.0 Å². The molecule has 4 heteroatoms. The fourth-order valence-corrected chi connectivity index (χ4v) is 4.25. The van der Waals surface area contributed by atoms with Crippen molar-refractivity contribution in [3.05, 3.63) is 11.7 Å². The first-order valence-corrected chi connectivity index (χ1v) is 7.83. The number of aromatic nitrogens is 2. The average Bonchev–Trinajstić information content (AvgIpc) is 2.89. The first-order valence-electron chi connectivity index (χ1n) is 7.83. The lowest BCUT2D eigenvalue weighted by atomic mass is 9.88. The smallest absolute Gasteiger partial charge is 0.228 e. The fourth-order valence-electron chi connectivity index (χ4n) is 4.25. The lowest BCUT2D eigenvalue weighted by Gasteiger charge is -2.17. The minimum atomic E-state index is 0.522. The lowest BCUT2D eigenvalue weighted by molar-refractivity contribution is 0.337. The summed E-state index contributed by atoms with van der Waals surface area (Å²) in [6, 6.07) is 0.522. The second kappa shape index (κ2) is 4.58. The van der Waals surface area contributed by atoms with Crippen molar-refractivity contribution in [3.63, 3.8) is 0 Å². The number of rotatable bonds is 5. The molecule has 1 heterocycles. The van der Waals surface area contributed by atoms with Crippen LogP contribution in [0.2, 0.25) is 0 Å². The molecule has 1 aromatic heterocycles. The summed E-state index contributed by atoms with van der Waals surface area (Å²) in [5.74, 6) is 5.01. The molecule has 3 saturated carbocycles. The molecule has 1 aromatic rings. The molecule has 19 heavy (non-hydrogen) atoms. The number of hydrogen-bond donors (Lipinski definition) is 1. The minimum Gasteiger partial charge on any atom is -0.339 e. The molecule has 3 aliphatic carbocycles. The van der Waals surface area contributed by atoms with E-state index in [0.717, 1.165) is 35.9 Å². The van der Waals surface area contributed by atoms with Gasteiger partial charge in [-0.15, -0.1) is 0 Å². The van der Waals surface area contributed by atoms with E-state index in [1.807, 2.05) is 7.05 Å². The Labute approximate surface area is 114 Å². The average molecular weight is 261 g/mol. The van der Waals surface area contributed by atoms with Crippen molar-refractivity contribution in [2.75, 3.05) is 7.05 Å². The summed E-state index contributed by atoms with van der Waals surface area (Å²) in [6.07, 6.45) is 9.08. The van der Waals surface area contributed by atoms with Crippen LogP contribution < -0.4 is 5.32 Å². The van der Waals surface area contributed by atoms with Crippen molar-refractivity contribution in [2.45, 2.75) is 56.9 Å². The Balaban J connectivity index is 1.44. The molecular formula is C15H23N3O. The normalized spacial score (nSPS) is 34.9. The Morgan fingerprint density at radius 3 is 2.79 bits per heavy atom. The van der Waals surface area contributed by atoms with Gasteiger partial charge in [-0.2, -0.15) is 4.98 Å². The zero-order valence-electron chi connectivity index (χ0n) is 11.6. The number of hydrogen-bond acceptors (Lipinski definition) is 4. The first-order chi connectivity index (χ1) is 9.33. The highest BCUT2D eigenvalue weighted by atomic mass is 16.5. The maximum absolute atomic E-state index is 5.49. The van der Waals surface area contributed by atoms with Gasteiger partial charge >= 0.3 is 0 Å². The molecule has 4 unspecified atom stereocenters. The van der Waals surface area contributed by atoms with E-state index in [4.69, 9.17) is 9.51 Å². The van der Waals surface area contributed by atoms with Crippen LogP contribution in [0.5, 0.6) is 0 Å². The van der Waals surface area contributed by atoms with Gasteiger partial charge in [-0.25, -0.2) is 0 Å². The molecule has 0 spiro atoms. The van der Waals surface area contributed by atoms with Gasteiger partial charge in [0, 0.05) is 18.4 Å². The van der Waals surface area contributed by atoms with Crippen LogP contribution in [0, 0.1) is 17.8 Å². The van der Waals surface area contributed by atoms with Crippen molar-refractivity contribution in [2.24, 2.45) is 17.8 Å². The zero-order chi connectivity index (χ0) is 12.8. The summed E-state index contributed by atoms with van der Waals surface area (Å²) in [4.78, 5) is 4.69. The SMILES string of the molecule is CNC(Cc1nc(C2CC3CCC2C3)no1)C1CC1. The quantitative estimate of drug-likeness (QED) is 0.885. The molecule has 0 radical (unpaired) electrons. The van der Waals surface area contributed by atoms with E-state index in [9.17, 15) is 0 Å². The van der Waals surface area contributed by atoms with Crippen molar-refractivity contribution < 1.29 is 4.52 Å². The van der Waals surface area contributed by atoms with Crippen LogP contribution in [0.3, 0.4) is 0 Å². The summed E-state index contributed by atoms with van der Waals surface area (Å²) in [7, 11) is 2.04. The summed E-state index contributed by atoms with van der Waals surface area (Å²) >= 11 is 0. The van der Waals surface area contributed by atoms with Gasteiger partial charge < -0.3 is 9.84 Å². The number of fused-ring (bicyclic) bond motifs is 2. The van der Waals surface area contributed by atoms with E-state index in [0.29, 0.717) is 12.0 Å². The van der Waals surface area contributed by atoms with Crippen LogP contribution in [0.25, 0.3) is 0 Å². The van der Waals surface area contributed by atoms with E-state index in [1.54, 1.807) is 0 Å². The standard InChI is InChI=1S/C15H23N3O/c1-16-13(10-4-5-10)8-14-17-15(18-19-14)12-7-9-2-3-11(12)6-9/h9-13,16H,2-8H2,1H3. The van der Waals surface area contributed by atoms with Gasteiger partial charge in [-0.1, -0.05) is 11.6 Å². The van der Waals surface area contributed by atoms with E-state index >= 15 is 0 Å². The van der Waals surface area contributed by atoms with Crippen molar-refractivity contribution in [1.29, 1.82) is 0 Å². The maximum atomic E-state index is 5.49. The van der Waals surface area contributed by atoms with Crippen LogP contribution in [0.15, 0.2) is 4.52 Å². The molecule has 104 valence electrons. The van der Waals surface area contributed by atoms with Gasteiger partial charge in [0.15, 0.2) is 5.82 Å². The number of nitrogens with zero attached hydrogens (tertiary/aromatic N) is 2. The molecule has 0 saturated heterocycles. The lowest BCUT2D eigenvalue weighted by Crippen LogP contribution is -2.29. The molecule has 0 amide bonds. The van der Waals surface area contributed by atoms with Gasteiger partial charge in [0.1, 0.15) is 0 Å². The van der Waals surface area contributed by atoms with Crippen molar-refractivity contribution in [3.8, 4) is 0 Å². The van der Waals surface area contributed by atoms with Gasteiger partial charge in [0.05, 0.1) is 0 Å². The van der Waals surface area contributed by atoms with E-state index < -0.39 is 0 Å². The Morgan fingerprint density at radius 1 is 1.26 bits per heavy atom. The monoisotopic (exact) mass is 261 g/mol. The second-order valence-corrected chi connectivity index (χ2v) is 6.76. The summed E-state index contributed by atoms with van der Waals surface area (Å²) in [5, 5.41) is 7.66. The highest BCUT2D eigenvalue weighted by Gasteiger charge is 2.42. The number of likely N-dealkylation sites (N-methyl/N-ethyl adjacent to an activating group) is 1. The third kappa shape index (κ3) is 2.20. The van der Waals surface area contributed by atoms with Crippen LogP contribution in [-0.2, 0) is 6.42 Å². The molecule has 2 bridgehead atoms. The van der Waals surface area contributed by atoms with Crippen molar-refractivity contribution >= 4 is 0 Å². The Kier molecular flexibility index (Phi) is 2.87. The van der Waals surface area contributed by atoms with E-state index in [-0.39, 0.29) is 0 Å². The van der Waals surface area contributed by atoms with E-state index in [2.05, 4.69) is 10.5 Å². The third-order valence-electron chi connectivity index (χ3n) is 5.51. The minimum absolute atomic E-state index is 0.522. The largest absolute Gasteiger partial charge is 0.339 e. The van der Waals surface area contributed by atoms with Crippen LogP contribution in [0.1, 0.15) is 56.2 Å². The van der Waals surface area contributed by atoms with Gasteiger partial charge in [-0.05, 0) is 56.9 Å². The van der Waals surface area contributed by atoms with Gasteiger partial charge in [0.25, 0.3) is 0 Å². The molecule has 0 aliphatic heterocycles. The highest BCUT2D eigenvalue weighted by molar-refractivity contribution is 5.07. The third-order valence-corrected chi connectivity index (χ3v) is 5.51. The molecule has 3 fully saturated rings. The molecule has 1 N–H and O–H groups in total. The van der Waals surface area contributed by atoms with Crippen molar-refractivity contribution in [1.82, 2.24) is 15.5 Å². The van der Waals surface area contributed by atoms with Crippen LogP contribution >= 0.6 is 0 Å². The Bertz CT molecular complexity index is 454. The predicted octanol–water partition coefficient (Wildman–Crippen LogP) is 2.51.